The Bertz CT molecular complexity index is 485. The molecule has 1 aromatic rings. The first-order valence-corrected chi connectivity index (χ1v) is 5.67. The van der Waals surface area contributed by atoms with Gasteiger partial charge in [-0.3, -0.25) is 9.78 Å². The smallest absolute Gasteiger partial charge is 0.370 e. The number of halogens is 3. The first kappa shape index (κ1) is 13.4. The maximum Gasteiger partial charge on any atom is 0.454 e. The Hall–Kier alpha value is -2.05. The largest absolute Gasteiger partial charge is 0.454 e. The Morgan fingerprint density at radius 2 is 2.32 bits per heavy atom. The molecule has 2 rings (SSSR count). The number of nitrogens with one attached hydrogen (secondary N) is 1. The SMILES string of the molecule is O=C(C=C1NCCN1Cc1cccnc1)C(F)(F)F. The second-order valence-electron chi connectivity index (χ2n) is 4.10. The average Bonchev–Trinajstić information content (AvgIpc) is 2.77. The lowest BCUT2D eigenvalue weighted by Crippen LogP contribution is -2.25. The second-order valence-corrected chi connectivity index (χ2v) is 4.10. The molecular weight excluding hydrogens is 259 g/mol. The van der Waals surface area contributed by atoms with E-state index in [0.717, 1.165) is 5.56 Å². The molecule has 1 aliphatic heterocycles. The van der Waals surface area contributed by atoms with E-state index in [1.165, 1.54) is 0 Å². The van der Waals surface area contributed by atoms with Gasteiger partial charge >= 0.3 is 6.18 Å². The average molecular weight is 271 g/mol. The van der Waals surface area contributed by atoms with Crippen molar-refractivity contribution in [1.29, 1.82) is 0 Å². The third kappa shape index (κ3) is 3.46. The van der Waals surface area contributed by atoms with Gasteiger partial charge in [0.25, 0.3) is 5.78 Å². The Kier molecular flexibility index (Phi) is 3.73. The van der Waals surface area contributed by atoms with Crippen LogP contribution in [0.5, 0.6) is 0 Å². The fourth-order valence-corrected chi connectivity index (χ4v) is 1.78. The molecule has 19 heavy (non-hydrogen) atoms. The predicted octanol–water partition coefficient (Wildman–Crippen LogP) is 1.46. The maximum absolute atomic E-state index is 12.2. The van der Waals surface area contributed by atoms with Crippen LogP contribution in [0.25, 0.3) is 0 Å². The van der Waals surface area contributed by atoms with Gasteiger partial charge in [0.1, 0.15) is 5.82 Å². The lowest BCUT2D eigenvalue weighted by atomic mass is 10.2. The molecule has 1 saturated heterocycles. The molecule has 4 nitrogen and oxygen atoms in total. The summed E-state index contributed by atoms with van der Waals surface area (Å²) in [5.41, 5.74) is 0.872. The van der Waals surface area contributed by atoms with Crippen molar-refractivity contribution < 1.29 is 18.0 Å². The highest BCUT2D eigenvalue weighted by molar-refractivity contribution is 5.94. The zero-order chi connectivity index (χ0) is 13.9. The van der Waals surface area contributed by atoms with Gasteiger partial charge in [-0.2, -0.15) is 13.2 Å². The van der Waals surface area contributed by atoms with Crippen LogP contribution < -0.4 is 5.32 Å². The molecule has 1 fully saturated rings. The molecule has 1 aliphatic rings. The first-order chi connectivity index (χ1) is 8.97. The highest BCUT2D eigenvalue weighted by Gasteiger charge is 2.37. The van der Waals surface area contributed by atoms with Gasteiger partial charge in [0.2, 0.25) is 0 Å². The molecule has 102 valence electrons. The summed E-state index contributed by atoms with van der Waals surface area (Å²) in [6, 6.07) is 3.58. The first-order valence-electron chi connectivity index (χ1n) is 5.67. The van der Waals surface area contributed by atoms with Crippen molar-refractivity contribution in [3.05, 3.63) is 42.0 Å². The molecular formula is C12H12F3N3O. The number of nitrogens with zero attached hydrogens (tertiary/aromatic N) is 2. The molecule has 2 heterocycles. The summed E-state index contributed by atoms with van der Waals surface area (Å²) in [7, 11) is 0. The minimum Gasteiger partial charge on any atom is -0.370 e. The van der Waals surface area contributed by atoms with Crippen molar-refractivity contribution >= 4 is 5.78 Å². The van der Waals surface area contributed by atoms with Crippen molar-refractivity contribution in [3.63, 3.8) is 0 Å². The fraction of sp³-hybridized carbons (Fsp3) is 0.333. The van der Waals surface area contributed by atoms with Crippen LogP contribution >= 0.6 is 0 Å². The number of pyridine rings is 1. The number of carbonyl (C=O) groups excluding carboxylic acids is 1. The Labute approximate surface area is 107 Å². The molecule has 0 saturated carbocycles. The van der Waals surface area contributed by atoms with Crippen LogP contribution in [0.15, 0.2) is 36.4 Å². The van der Waals surface area contributed by atoms with Crippen LogP contribution in [0, 0.1) is 0 Å². The number of aromatic nitrogens is 1. The van der Waals surface area contributed by atoms with Gasteiger partial charge in [0.15, 0.2) is 0 Å². The van der Waals surface area contributed by atoms with Gasteiger partial charge in [0, 0.05) is 38.1 Å². The highest BCUT2D eigenvalue weighted by atomic mass is 19.4. The van der Waals surface area contributed by atoms with E-state index in [2.05, 4.69) is 10.3 Å². The molecule has 0 atom stereocenters. The van der Waals surface area contributed by atoms with Crippen molar-refractivity contribution in [2.24, 2.45) is 0 Å². The summed E-state index contributed by atoms with van der Waals surface area (Å²) in [6.45, 7) is 1.47. The van der Waals surface area contributed by atoms with Crippen molar-refractivity contribution in [2.45, 2.75) is 12.7 Å². The minimum atomic E-state index is -4.84. The Balaban J connectivity index is 2.09. The summed E-state index contributed by atoms with van der Waals surface area (Å²) >= 11 is 0. The number of hydrogen-bond acceptors (Lipinski definition) is 4. The van der Waals surface area contributed by atoms with E-state index in [1.54, 1.807) is 23.4 Å². The normalized spacial score (nSPS) is 17.6. The zero-order valence-corrected chi connectivity index (χ0v) is 9.94. The van der Waals surface area contributed by atoms with Crippen LogP contribution in [0.1, 0.15) is 5.56 Å². The van der Waals surface area contributed by atoms with Crippen molar-refractivity contribution in [3.8, 4) is 0 Å². The van der Waals surface area contributed by atoms with Crippen LogP contribution in [0.2, 0.25) is 0 Å². The molecule has 0 radical (unpaired) electrons. The topological polar surface area (TPSA) is 45.2 Å². The number of ketones is 1. The lowest BCUT2D eigenvalue weighted by Gasteiger charge is -2.18. The summed E-state index contributed by atoms with van der Waals surface area (Å²) in [6.07, 6.45) is -0.974. The van der Waals surface area contributed by atoms with Crippen molar-refractivity contribution in [1.82, 2.24) is 15.2 Å². The van der Waals surface area contributed by atoms with Crippen LogP contribution in [0.3, 0.4) is 0 Å². The van der Waals surface area contributed by atoms with E-state index < -0.39 is 12.0 Å². The fourth-order valence-electron chi connectivity index (χ4n) is 1.78. The molecule has 1 N–H and O–H groups in total. The molecule has 0 bridgehead atoms. The lowest BCUT2D eigenvalue weighted by molar-refractivity contribution is -0.165. The van der Waals surface area contributed by atoms with E-state index in [1.807, 2.05) is 6.07 Å². The second kappa shape index (κ2) is 5.29. The van der Waals surface area contributed by atoms with E-state index >= 15 is 0 Å². The van der Waals surface area contributed by atoms with Gasteiger partial charge in [-0.1, -0.05) is 6.07 Å². The molecule has 7 heteroatoms. The monoisotopic (exact) mass is 271 g/mol. The molecule has 0 spiro atoms. The summed E-state index contributed by atoms with van der Waals surface area (Å²) in [4.78, 5) is 16.6. The molecule has 0 amide bonds. The number of hydrogen-bond donors (Lipinski definition) is 1. The van der Waals surface area contributed by atoms with Gasteiger partial charge in [0.05, 0.1) is 0 Å². The number of allylic oxidation sites excluding steroid dienone is 1. The van der Waals surface area contributed by atoms with E-state index in [9.17, 15) is 18.0 Å². The Morgan fingerprint density at radius 1 is 1.53 bits per heavy atom. The third-order valence-electron chi connectivity index (χ3n) is 2.67. The Morgan fingerprint density at radius 3 is 2.95 bits per heavy atom. The molecule has 0 aliphatic carbocycles. The van der Waals surface area contributed by atoms with Crippen LogP contribution in [0.4, 0.5) is 13.2 Å². The third-order valence-corrected chi connectivity index (χ3v) is 2.67. The quantitative estimate of drug-likeness (QED) is 0.845. The highest BCUT2D eigenvalue weighted by Crippen LogP contribution is 2.19. The molecule has 0 aromatic carbocycles. The van der Waals surface area contributed by atoms with Crippen LogP contribution in [-0.4, -0.2) is 34.9 Å². The minimum absolute atomic E-state index is 0.200. The predicted molar refractivity (Wildman–Crippen MR) is 61.8 cm³/mol. The van der Waals surface area contributed by atoms with Crippen LogP contribution in [-0.2, 0) is 11.3 Å². The van der Waals surface area contributed by atoms with E-state index in [-0.39, 0.29) is 5.82 Å². The number of alkyl halides is 3. The van der Waals surface area contributed by atoms with Gasteiger partial charge in [-0.15, -0.1) is 0 Å². The van der Waals surface area contributed by atoms with E-state index in [0.29, 0.717) is 25.7 Å². The number of rotatable bonds is 3. The summed E-state index contributed by atoms with van der Waals surface area (Å²) < 4.78 is 36.6. The van der Waals surface area contributed by atoms with Crippen molar-refractivity contribution in [2.75, 3.05) is 13.1 Å². The molecule has 0 unspecified atom stereocenters. The van der Waals surface area contributed by atoms with E-state index in [4.69, 9.17) is 0 Å². The van der Waals surface area contributed by atoms with Gasteiger partial charge in [-0.25, -0.2) is 0 Å². The number of carbonyl (C=O) groups is 1. The summed E-state index contributed by atoms with van der Waals surface area (Å²) in [5.74, 6) is -1.65. The van der Waals surface area contributed by atoms with Gasteiger partial charge in [-0.05, 0) is 11.6 Å². The van der Waals surface area contributed by atoms with Gasteiger partial charge < -0.3 is 10.2 Å². The zero-order valence-electron chi connectivity index (χ0n) is 9.94. The standard InChI is InChI=1S/C12H12F3N3O/c13-12(14,15)10(19)6-11-17-4-5-18(11)8-9-2-1-3-16-7-9/h1-3,6-7,17H,4-5,8H2. The maximum atomic E-state index is 12.2. The molecule has 1 aromatic heterocycles. The summed E-state index contributed by atoms with van der Waals surface area (Å²) in [5, 5.41) is 2.78.